The van der Waals surface area contributed by atoms with Gasteiger partial charge < -0.3 is 15.4 Å². The second kappa shape index (κ2) is 6.17. The fraction of sp³-hybridized carbons (Fsp3) is 0.533. The fourth-order valence-electron chi connectivity index (χ4n) is 2.27. The summed E-state index contributed by atoms with van der Waals surface area (Å²) in [6, 6.07) is 8.27. The largest absolute Gasteiger partial charge is 0.378 e. The van der Waals surface area contributed by atoms with Crippen LogP contribution in [0.5, 0.6) is 0 Å². The van der Waals surface area contributed by atoms with E-state index >= 15 is 0 Å². The lowest BCUT2D eigenvalue weighted by atomic mass is 10.0. The Bertz CT molecular complexity index is 430. The fourth-order valence-corrected chi connectivity index (χ4v) is 2.27. The Hall–Kier alpha value is -1.39. The summed E-state index contributed by atoms with van der Waals surface area (Å²) >= 11 is 0. The number of hydrogen-bond donors (Lipinski definition) is 2. The molecule has 19 heavy (non-hydrogen) atoms. The molecule has 1 amide bonds. The Labute approximate surface area is 114 Å². The second-order valence-corrected chi connectivity index (χ2v) is 5.20. The molecule has 0 bridgehead atoms. The molecule has 1 fully saturated rings. The minimum atomic E-state index is -0.0223. The lowest BCUT2D eigenvalue weighted by Crippen LogP contribution is -2.23. The van der Waals surface area contributed by atoms with Crippen LogP contribution in [0, 0.1) is 5.92 Å². The van der Waals surface area contributed by atoms with Crippen LogP contribution in [0.3, 0.4) is 0 Å². The summed E-state index contributed by atoms with van der Waals surface area (Å²) in [5.74, 6) is 0.0321. The number of hydrogen-bond acceptors (Lipinski definition) is 3. The number of carbonyl (C=O) groups excluding carboxylic acids is 1. The first-order valence-electron chi connectivity index (χ1n) is 6.80. The van der Waals surface area contributed by atoms with E-state index in [-0.39, 0.29) is 17.9 Å². The standard InChI is InChI=1S/C15H22N2O2/c1-10-8-13(9-19-10)15(18)17-14-6-4-12(5-7-14)11(2)16-3/h4-7,10-11,13,16H,8-9H2,1-3H3,(H,17,18). The van der Waals surface area contributed by atoms with Gasteiger partial charge in [0.2, 0.25) is 5.91 Å². The van der Waals surface area contributed by atoms with Crippen LogP contribution in [0.2, 0.25) is 0 Å². The average molecular weight is 262 g/mol. The summed E-state index contributed by atoms with van der Waals surface area (Å²) in [7, 11) is 1.93. The van der Waals surface area contributed by atoms with E-state index in [4.69, 9.17) is 4.74 Å². The maximum absolute atomic E-state index is 12.0. The van der Waals surface area contributed by atoms with Crippen molar-refractivity contribution in [3.63, 3.8) is 0 Å². The first-order valence-corrected chi connectivity index (χ1v) is 6.80. The minimum absolute atomic E-state index is 0.0223. The van der Waals surface area contributed by atoms with Gasteiger partial charge in [-0.25, -0.2) is 0 Å². The molecule has 0 radical (unpaired) electrons. The van der Waals surface area contributed by atoms with E-state index in [1.807, 2.05) is 38.2 Å². The zero-order chi connectivity index (χ0) is 13.8. The first-order chi connectivity index (χ1) is 9.10. The number of amides is 1. The summed E-state index contributed by atoms with van der Waals surface area (Å²) < 4.78 is 5.42. The maximum atomic E-state index is 12.0. The molecule has 4 heteroatoms. The third kappa shape index (κ3) is 3.55. The van der Waals surface area contributed by atoms with E-state index in [1.54, 1.807) is 0 Å². The number of nitrogens with one attached hydrogen (secondary N) is 2. The molecule has 2 rings (SSSR count). The number of carbonyl (C=O) groups is 1. The highest BCUT2D eigenvalue weighted by atomic mass is 16.5. The van der Waals surface area contributed by atoms with Gasteiger partial charge in [-0.15, -0.1) is 0 Å². The predicted octanol–water partition coefficient (Wildman–Crippen LogP) is 2.33. The summed E-state index contributed by atoms with van der Waals surface area (Å²) in [4.78, 5) is 12.0. The van der Waals surface area contributed by atoms with Crippen molar-refractivity contribution in [1.82, 2.24) is 5.32 Å². The zero-order valence-corrected chi connectivity index (χ0v) is 11.8. The molecule has 104 valence electrons. The molecule has 1 aliphatic rings. The number of benzene rings is 1. The molecule has 0 aliphatic carbocycles. The molecule has 1 saturated heterocycles. The molecule has 3 atom stereocenters. The summed E-state index contributed by atoms with van der Waals surface area (Å²) in [5, 5.41) is 6.14. The lowest BCUT2D eigenvalue weighted by molar-refractivity contribution is -0.119. The molecule has 1 aromatic rings. The first kappa shape index (κ1) is 14.0. The molecule has 1 heterocycles. The highest BCUT2D eigenvalue weighted by Crippen LogP contribution is 2.21. The van der Waals surface area contributed by atoms with Crippen molar-refractivity contribution >= 4 is 11.6 Å². The van der Waals surface area contributed by atoms with E-state index in [1.165, 1.54) is 5.56 Å². The Kier molecular flexibility index (Phi) is 4.56. The van der Waals surface area contributed by atoms with Crippen LogP contribution in [-0.4, -0.2) is 25.7 Å². The highest BCUT2D eigenvalue weighted by Gasteiger charge is 2.28. The molecule has 0 spiro atoms. The maximum Gasteiger partial charge on any atom is 0.229 e. The summed E-state index contributed by atoms with van der Waals surface area (Å²) in [6.07, 6.45) is 0.996. The molecule has 0 aromatic heterocycles. The third-order valence-electron chi connectivity index (χ3n) is 3.68. The molecule has 3 unspecified atom stereocenters. The van der Waals surface area contributed by atoms with Gasteiger partial charge in [0.05, 0.1) is 18.6 Å². The predicted molar refractivity (Wildman–Crippen MR) is 76.1 cm³/mol. The summed E-state index contributed by atoms with van der Waals surface area (Å²) in [5.41, 5.74) is 2.05. The van der Waals surface area contributed by atoms with Gasteiger partial charge in [0.1, 0.15) is 0 Å². The van der Waals surface area contributed by atoms with E-state index < -0.39 is 0 Å². The SMILES string of the molecule is CNC(C)c1ccc(NC(=O)C2COC(C)C2)cc1. The quantitative estimate of drug-likeness (QED) is 0.875. The zero-order valence-electron chi connectivity index (χ0n) is 11.8. The number of ether oxygens (including phenoxy) is 1. The van der Waals surface area contributed by atoms with E-state index in [2.05, 4.69) is 17.6 Å². The number of anilines is 1. The minimum Gasteiger partial charge on any atom is -0.378 e. The molecule has 4 nitrogen and oxygen atoms in total. The van der Waals surface area contributed by atoms with Gasteiger partial charge in [0.15, 0.2) is 0 Å². The molecular weight excluding hydrogens is 240 g/mol. The van der Waals surface area contributed by atoms with Crippen LogP contribution in [-0.2, 0) is 9.53 Å². The van der Waals surface area contributed by atoms with Crippen LogP contribution in [0.25, 0.3) is 0 Å². The van der Waals surface area contributed by atoms with Gasteiger partial charge in [0.25, 0.3) is 0 Å². The smallest absolute Gasteiger partial charge is 0.229 e. The monoisotopic (exact) mass is 262 g/mol. The Morgan fingerprint density at radius 2 is 2.05 bits per heavy atom. The average Bonchev–Trinajstić information content (AvgIpc) is 2.85. The Morgan fingerprint density at radius 3 is 2.58 bits per heavy atom. The van der Waals surface area contributed by atoms with Crippen molar-refractivity contribution in [1.29, 1.82) is 0 Å². The van der Waals surface area contributed by atoms with E-state index in [0.717, 1.165) is 12.1 Å². The van der Waals surface area contributed by atoms with Crippen LogP contribution >= 0.6 is 0 Å². The summed E-state index contributed by atoms with van der Waals surface area (Å²) in [6.45, 7) is 4.63. The van der Waals surface area contributed by atoms with Crippen LogP contribution in [0.15, 0.2) is 24.3 Å². The van der Waals surface area contributed by atoms with Crippen molar-refractivity contribution in [2.45, 2.75) is 32.4 Å². The highest BCUT2D eigenvalue weighted by molar-refractivity contribution is 5.92. The van der Waals surface area contributed by atoms with Crippen molar-refractivity contribution in [3.05, 3.63) is 29.8 Å². The van der Waals surface area contributed by atoms with Gasteiger partial charge in [0, 0.05) is 11.7 Å². The van der Waals surface area contributed by atoms with Crippen LogP contribution in [0.1, 0.15) is 31.9 Å². The topological polar surface area (TPSA) is 50.4 Å². The molecule has 0 saturated carbocycles. The van der Waals surface area contributed by atoms with Gasteiger partial charge in [-0.1, -0.05) is 12.1 Å². The van der Waals surface area contributed by atoms with Crippen molar-refractivity contribution in [2.75, 3.05) is 19.0 Å². The molecular formula is C15H22N2O2. The van der Waals surface area contributed by atoms with Crippen molar-refractivity contribution in [3.8, 4) is 0 Å². The number of rotatable bonds is 4. The normalized spacial score (nSPS) is 24.2. The molecule has 1 aliphatic heterocycles. The van der Waals surface area contributed by atoms with Gasteiger partial charge in [-0.2, -0.15) is 0 Å². The van der Waals surface area contributed by atoms with Crippen LogP contribution in [0.4, 0.5) is 5.69 Å². The lowest BCUT2D eigenvalue weighted by Gasteiger charge is -2.13. The van der Waals surface area contributed by atoms with Gasteiger partial charge >= 0.3 is 0 Å². The van der Waals surface area contributed by atoms with E-state index in [9.17, 15) is 4.79 Å². The third-order valence-corrected chi connectivity index (χ3v) is 3.68. The Balaban J connectivity index is 1.94. The van der Waals surface area contributed by atoms with Crippen molar-refractivity contribution < 1.29 is 9.53 Å². The van der Waals surface area contributed by atoms with Gasteiger partial charge in [-0.05, 0) is 45.0 Å². The molecule has 2 N–H and O–H groups in total. The van der Waals surface area contributed by atoms with E-state index in [0.29, 0.717) is 12.6 Å². The van der Waals surface area contributed by atoms with Crippen LogP contribution < -0.4 is 10.6 Å². The second-order valence-electron chi connectivity index (χ2n) is 5.20. The van der Waals surface area contributed by atoms with Crippen molar-refractivity contribution in [2.24, 2.45) is 5.92 Å². The van der Waals surface area contributed by atoms with Gasteiger partial charge in [-0.3, -0.25) is 4.79 Å². The Morgan fingerprint density at radius 1 is 1.37 bits per heavy atom. The molecule has 1 aromatic carbocycles.